The van der Waals surface area contributed by atoms with Crippen LogP contribution in [-0.4, -0.2) is 62.3 Å². The van der Waals surface area contributed by atoms with Crippen LogP contribution in [0.4, 0.5) is 29.3 Å². The number of aliphatic hydroxyl groups is 1. The number of piperidine rings is 1. The van der Waals surface area contributed by atoms with Crippen molar-refractivity contribution in [2.24, 2.45) is 0 Å². The number of amides is 4. The molecule has 2 aromatic carbocycles. The normalized spacial score (nSPS) is 16.9. The zero-order chi connectivity index (χ0) is 33.5. The fraction of sp³-hybridized carbons (Fsp3) is 0.364. The number of carbonyl (C=O) groups is 3. The summed E-state index contributed by atoms with van der Waals surface area (Å²) in [4.78, 5) is 43.9. The maximum absolute atomic E-state index is 13.2. The number of aromatic nitrogens is 3. The molecule has 0 bridgehead atoms. The molecular weight excluding hydrogens is 615 g/mol. The average molecular weight is 650 g/mol. The summed E-state index contributed by atoms with van der Waals surface area (Å²) in [6.45, 7) is 5.88. The van der Waals surface area contributed by atoms with E-state index in [9.17, 15) is 32.7 Å². The number of carbonyl (C=O) groups excluding carboxylic acids is 3. The second-order valence-electron chi connectivity index (χ2n) is 12.4. The molecule has 0 spiro atoms. The molecule has 2 saturated heterocycles. The second-order valence-corrected chi connectivity index (χ2v) is 12.4. The first-order chi connectivity index (χ1) is 22.2. The predicted octanol–water partition coefficient (Wildman–Crippen LogP) is 5.21. The molecule has 2 aliphatic rings. The third kappa shape index (κ3) is 7.13. The zero-order valence-electron chi connectivity index (χ0n) is 25.8. The number of likely N-dealkylation sites (tertiary alicyclic amines) is 1. The lowest BCUT2D eigenvalue weighted by Crippen LogP contribution is -2.49. The van der Waals surface area contributed by atoms with E-state index in [4.69, 9.17) is 5.10 Å². The third-order valence-electron chi connectivity index (χ3n) is 8.48. The minimum absolute atomic E-state index is 0.124. The number of benzene rings is 2. The lowest BCUT2D eigenvalue weighted by Gasteiger charge is -2.32. The van der Waals surface area contributed by atoms with Gasteiger partial charge in [-0.1, -0.05) is 18.2 Å². The Kier molecular flexibility index (Phi) is 8.49. The molecule has 0 radical (unpaired) electrons. The number of anilines is 2. The molecule has 2 aliphatic heterocycles. The number of hydrogen-bond donors (Lipinski definition) is 3. The molecule has 246 valence electrons. The van der Waals surface area contributed by atoms with E-state index in [1.807, 2.05) is 35.1 Å². The van der Waals surface area contributed by atoms with Crippen molar-refractivity contribution in [3.8, 4) is 0 Å². The largest absolute Gasteiger partial charge is 0.433 e. The summed E-state index contributed by atoms with van der Waals surface area (Å²) in [5.41, 5.74) is 0.139. The molecule has 4 heterocycles. The van der Waals surface area contributed by atoms with Gasteiger partial charge in [0, 0.05) is 61.1 Å². The highest BCUT2D eigenvalue weighted by Gasteiger charge is 2.33. The maximum atomic E-state index is 13.2. The van der Waals surface area contributed by atoms with Gasteiger partial charge in [0.2, 0.25) is 5.91 Å². The van der Waals surface area contributed by atoms with Gasteiger partial charge in [0.05, 0.1) is 17.2 Å². The van der Waals surface area contributed by atoms with E-state index in [0.29, 0.717) is 23.0 Å². The summed E-state index contributed by atoms with van der Waals surface area (Å²) in [7, 11) is 0. The molecule has 0 atom stereocenters. The molecule has 6 rings (SSSR count). The standard InChI is InChI=1S/C33H34F3N7O4/c1-32(2,47)24-17-26-21(16-27(24)38-30(45)25-4-3-5-28(37-25)33(34,35)36)19-43(40-26)23-10-13-41(14-11-23)18-20-6-8-22(9-7-20)42-15-12-29(44)39-31(42)46/h3-9,16-17,19,23,47H,10-15,18H2,1-2H3,(H,38,45)(H,39,44,46). The van der Waals surface area contributed by atoms with E-state index in [0.717, 1.165) is 55.9 Å². The quantitative estimate of drug-likeness (QED) is 0.250. The third-order valence-corrected chi connectivity index (χ3v) is 8.48. The van der Waals surface area contributed by atoms with E-state index in [1.165, 1.54) is 6.07 Å². The average Bonchev–Trinajstić information content (AvgIpc) is 3.44. The van der Waals surface area contributed by atoms with Crippen LogP contribution < -0.4 is 15.5 Å². The summed E-state index contributed by atoms with van der Waals surface area (Å²) in [5.74, 6) is -1.10. The van der Waals surface area contributed by atoms with E-state index < -0.39 is 35.1 Å². The van der Waals surface area contributed by atoms with Gasteiger partial charge in [-0.05, 0) is 68.7 Å². The first-order valence-electron chi connectivity index (χ1n) is 15.3. The van der Waals surface area contributed by atoms with Crippen LogP contribution >= 0.6 is 0 Å². The van der Waals surface area contributed by atoms with Crippen LogP contribution in [0.15, 0.2) is 60.8 Å². The number of fused-ring (bicyclic) bond motifs is 1. The molecule has 11 nitrogen and oxygen atoms in total. The number of halogens is 3. The lowest BCUT2D eigenvalue weighted by molar-refractivity contribution is -0.141. The van der Waals surface area contributed by atoms with Gasteiger partial charge < -0.3 is 10.4 Å². The molecule has 0 aliphatic carbocycles. The minimum atomic E-state index is -4.69. The van der Waals surface area contributed by atoms with Crippen LogP contribution in [0.25, 0.3) is 10.9 Å². The molecule has 2 fully saturated rings. The van der Waals surface area contributed by atoms with Crippen LogP contribution in [0.1, 0.15) is 66.5 Å². The van der Waals surface area contributed by atoms with Crippen molar-refractivity contribution in [3.63, 3.8) is 0 Å². The monoisotopic (exact) mass is 649 g/mol. The molecule has 0 saturated carbocycles. The van der Waals surface area contributed by atoms with Gasteiger partial charge >= 0.3 is 12.2 Å². The molecule has 4 aromatic rings. The summed E-state index contributed by atoms with van der Waals surface area (Å²) in [6, 6.07) is 14.0. The summed E-state index contributed by atoms with van der Waals surface area (Å²) < 4.78 is 41.4. The van der Waals surface area contributed by atoms with Crippen molar-refractivity contribution >= 4 is 40.1 Å². The van der Waals surface area contributed by atoms with Gasteiger partial charge in [-0.25, -0.2) is 9.78 Å². The number of urea groups is 1. The summed E-state index contributed by atoms with van der Waals surface area (Å²) in [5, 5.41) is 21.3. The van der Waals surface area contributed by atoms with Crippen LogP contribution in [0, 0.1) is 0 Å². The Bertz CT molecular complexity index is 1820. The Morgan fingerprint density at radius 1 is 1.04 bits per heavy atom. The van der Waals surface area contributed by atoms with Crippen molar-refractivity contribution in [3.05, 3.63) is 83.3 Å². The molecule has 2 aromatic heterocycles. The van der Waals surface area contributed by atoms with Crippen molar-refractivity contribution in [2.45, 2.75) is 57.5 Å². The van der Waals surface area contributed by atoms with Crippen LogP contribution in [0.5, 0.6) is 0 Å². The number of nitrogens with one attached hydrogen (secondary N) is 2. The van der Waals surface area contributed by atoms with E-state index in [1.54, 1.807) is 30.9 Å². The number of hydrogen-bond acceptors (Lipinski definition) is 7. The Morgan fingerprint density at radius 2 is 1.77 bits per heavy atom. The van der Waals surface area contributed by atoms with Gasteiger partial charge in [0.25, 0.3) is 5.91 Å². The first-order valence-corrected chi connectivity index (χ1v) is 15.3. The molecule has 0 unspecified atom stereocenters. The Hall–Kier alpha value is -4.82. The Morgan fingerprint density at radius 3 is 2.43 bits per heavy atom. The van der Waals surface area contributed by atoms with Gasteiger partial charge in [0.1, 0.15) is 11.4 Å². The molecular formula is C33H34F3N7O4. The SMILES string of the molecule is CC(C)(O)c1cc2nn(C3CCN(Cc4ccc(N5CCC(=O)NC5=O)cc4)CC3)cc2cc1NC(=O)c1cccc(C(F)(F)F)n1. The fourth-order valence-electron chi connectivity index (χ4n) is 5.98. The fourth-order valence-corrected chi connectivity index (χ4v) is 5.98. The Balaban J connectivity index is 1.12. The van der Waals surface area contributed by atoms with E-state index in [2.05, 4.69) is 20.5 Å². The van der Waals surface area contributed by atoms with E-state index in [-0.39, 0.29) is 24.1 Å². The summed E-state index contributed by atoms with van der Waals surface area (Å²) in [6.07, 6.45) is -0.853. The van der Waals surface area contributed by atoms with Crippen LogP contribution in [0.2, 0.25) is 0 Å². The number of imide groups is 1. The van der Waals surface area contributed by atoms with Crippen LogP contribution in [-0.2, 0) is 23.1 Å². The highest BCUT2D eigenvalue weighted by Crippen LogP contribution is 2.34. The minimum Gasteiger partial charge on any atom is -0.386 e. The van der Waals surface area contributed by atoms with Gasteiger partial charge in [-0.15, -0.1) is 0 Å². The predicted molar refractivity (Wildman–Crippen MR) is 168 cm³/mol. The summed E-state index contributed by atoms with van der Waals surface area (Å²) >= 11 is 0. The first kappa shape index (κ1) is 32.1. The highest BCUT2D eigenvalue weighted by molar-refractivity contribution is 6.06. The molecule has 47 heavy (non-hydrogen) atoms. The number of pyridine rings is 1. The van der Waals surface area contributed by atoms with Crippen LogP contribution in [0.3, 0.4) is 0 Å². The van der Waals surface area contributed by atoms with Crippen molar-refractivity contribution < 1.29 is 32.7 Å². The number of alkyl halides is 3. The number of rotatable bonds is 7. The topological polar surface area (TPSA) is 133 Å². The molecule has 4 amide bonds. The smallest absolute Gasteiger partial charge is 0.386 e. The molecule has 14 heteroatoms. The highest BCUT2D eigenvalue weighted by atomic mass is 19.4. The lowest BCUT2D eigenvalue weighted by atomic mass is 9.95. The van der Waals surface area contributed by atoms with Gasteiger partial charge in [-0.2, -0.15) is 18.3 Å². The van der Waals surface area contributed by atoms with Gasteiger partial charge in [-0.3, -0.25) is 29.4 Å². The second kappa shape index (κ2) is 12.4. The van der Waals surface area contributed by atoms with E-state index >= 15 is 0 Å². The molecule has 3 N–H and O–H groups in total. The van der Waals surface area contributed by atoms with Crippen molar-refractivity contribution in [1.29, 1.82) is 0 Å². The van der Waals surface area contributed by atoms with Gasteiger partial charge in [0.15, 0.2) is 0 Å². The van der Waals surface area contributed by atoms with Crippen molar-refractivity contribution in [2.75, 3.05) is 29.9 Å². The Labute approximate surface area is 268 Å². The van der Waals surface area contributed by atoms with Crippen molar-refractivity contribution in [1.82, 2.24) is 25.0 Å². The zero-order valence-corrected chi connectivity index (χ0v) is 25.8. The maximum Gasteiger partial charge on any atom is 0.433 e. The number of nitrogens with zero attached hydrogens (tertiary/aromatic N) is 5.